The molecule has 8 aromatic rings. The van der Waals surface area contributed by atoms with Crippen molar-refractivity contribution in [2.24, 2.45) is 4.99 Å². The predicted octanol–water partition coefficient (Wildman–Crippen LogP) is 10.5. The first-order valence-corrected chi connectivity index (χ1v) is 14.2. The van der Waals surface area contributed by atoms with Gasteiger partial charge in [0.2, 0.25) is 0 Å². The van der Waals surface area contributed by atoms with Crippen LogP contribution in [-0.4, -0.2) is 15.7 Å². The van der Waals surface area contributed by atoms with Crippen molar-refractivity contribution in [2.75, 3.05) is 0 Å². The normalized spacial score (nSPS) is 13.5. The van der Waals surface area contributed by atoms with Crippen molar-refractivity contribution in [1.82, 2.24) is 8.97 Å². The van der Waals surface area contributed by atoms with E-state index >= 15 is 0 Å². The number of rotatable bonds is 5. The molecule has 3 aromatic heterocycles. The fourth-order valence-corrected chi connectivity index (χ4v) is 6.89. The molecule has 0 aliphatic rings. The maximum Gasteiger partial charge on any atom is 0.133 e. The first kappa shape index (κ1) is 23.7. The first-order chi connectivity index (χ1) is 20.2. The molecule has 196 valence electrons. The molecule has 3 heteroatoms. The van der Waals surface area contributed by atoms with Gasteiger partial charge in [-0.25, -0.2) is 4.99 Å². The summed E-state index contributed by atoms with van der Waals surface area (Å²) < 4.78 is 4.72. The summed E-state index contributed by atoms with van der Waals surface area (Å²) in [5.74, 6) is 0.854. The maximum atomic E-state index is 4.53. The standard InChI is InChI=1S/C38H29N3/c1-4-11-24(5-2)18-21-36(39-3)40-33-17-9-7-13-29(33)37-30-23-31-28-15-10-14-27-26-12-6-8-16-32(26)41(38(27)28)35(31)22-25(30)19-20-34(37)40/h4-17,19-23H,3,18H2,1-2H3/b11-4-,24-5+,36-21+. The highest BCUT2D eigenvalue weighted by molar-refractivity contribution is 6.28. The van der Waals surface area contributed by atoms with E-state index in [0.29, 0.717) is 0 Å². The third-order valence-electron chi connectivity index (χ3n) is 8.66. The largest absolute Gasteiger partial charge is 0.308 e. The van der Waals surface area contributed by atoms with Crippen molar-refractivity contribution in [1.29, 1.82) is 0 Å². The summed E-state index contributed by atoms with van der Waals surface area (Å²) in [6.45, 7) is 8.10. The van der Waals surface area contributed by atoms with Crippen molar-refractivity contribution in [2.45, 2.75) is 20.3 Å². The van der Waals surface area contributed by atoms with Gasteiger partial charge in [-0.1, -0.05) is 78.9 Å². The number of para-hydroxylation sites is 3. The van der Waals surface area contributed by atoms with E-state index in [-0.39, 0.29) is 0 Å². The summed E-state index contributed by atoms with van der Waals surface area (Å²) in [5, 5.41) is 10.2. The Morgan fingerprint density at radius 3 is 2.22 bits per heavy atom. The number of aromatic nitrogens is 2. The van der Waals surface area contributed by atoms with E-state index in [4.69, 9.17) is 0 Å². The Bertz CT molecular complexity index is 2420. The molecular weight excluding hydrogens is 498 g/mol. The molecule has 5 aromatic carbocycles. The van der Waals surface area contributed by atoms with Gasteiger partial charge in [-0.05, 0) is 79.7 Å². The minimum atomic E-state index is 0.792. The second-order valence-electron chi connectivity index (χ2n) is 10.7. The average molecular weight is 528 g/mol. The quantitative estimate of drug-likeness (QED) is 0.157. The monoisotopic (exact) mass is 527 g/mol. The molecule has 3 heterocycles. The van der Waals surface area contributed by atoms with Gasteiger partial charge in [-0.3, -0.25) is 4.57 Å². The third kappa shape index (κ3) is 3.23. The molecular formula is C38H29N3. The van der Waals surface area contributed by atoms with E-state index < -0.39 is 0 Å². The molecule has 41 heavy (non-hydrogen) atoms. The Balaban J connectivity index is 1.47. The van der Waals surface area contributed by atoms with E-state index in [0.717, 1.165) is 23.3 Å². The molecule has 0 bridgehead atoms. The van der Waals surface area contributed by atoms with Gasteiger partial charge in [0.25, 0.3) is 0 Å². The molecule has 0 spiro atoms. The molecule has 0 aliphatic heterocycles. The van der Waals surface area contributed by atoms with Gasteiger partial charge in [0.15, 0.2) is 0 Å². The van der Waals surface area contributed by atoms with E-state index in [1.807, 2.05) is 0 Å². The number of nitrogens with zero attached hydrogens (tertiary/aromatic N) is 3. The molecule has 0 saturated heterocycles. The molecule has 8 rings (SSSR count). The lowest BCUT2D eigenvalue weighted by molar-refractivity contribution is 1.14. The number of hydrogen-bond acceptors (Lipinski definition) is 1. The van der Waals surface area contributed by atoms with E-state index in [2.05, 4.69) is 150 Å². The Hall–Kier alpha value is -5.15. The van der Waals surface area contributed by atoms with E-state index in [9.17, 15) is 0 Å². The number of benzene rings is 5. The zero-order valence-corrected chi connectivity index (χ0v) is 23.2. The molecule has 0 atom stereocenters. The summed E-state index contributed by atoms with van der Waals surface area (Å²) in [6.07, 6.45) is 9.35. The van der Waals surface area contributed by atoms with Crippen LogP contribution in [0.1, 0.15) is 20.3 Å². The van der Waals surface area contributed by atoms with Crippen molar-refractivity contribution in [3.05, 3.63) is 121 Å². The Morgan fingerprint density at radius 1 is 0.707 bits per heavy atom. The number of hydrogen-bond donors (Lipinski definition) is 0. The smallest absolute Gasteiger partial charge is 0.133 e. The van der Waals surface area contributed by atoms with Crippen LogP contribution in [0.3, 0.4) is 0 Å². The summed E-state index contributed by atoms with van der Waals surface area (Å²) in [7, 11) is 0. The SMILES string of the molecule is C=N/C(=C\CC(/C=C\C)=C/C)n1c2ccccc2c2c3cc4c5cccc6c7ccccc7n(c4cc3ccc21)c65. The van der Waals surface area contributed by atoms with Crippen LogP contribution in [0.15, 0.2) is 126 Å². The molecule has 0 saturated carbocycles. The molecule has 0 N–H and O–H groups in total. The summed E-state index contributed by atoms with van der Waals surface area (Å²) in [4.78, 5) is 4.53. The van der Waals surface area contributed by atoms with Crippen LogP contribution >= 0.6 is 0 Å². The van der Waals surface area contributed by atoms with Crippen molar-refractivity contribution < 1.29 is 0 Å². The van der Waals surface area contributed by atoms with E-state index in [1.54, 1.807) is 0 Å². The van der Waals surface area contributed by atoms with Crippen LogP contribution < -0.4 is 0 Å². The van der Waals surface area contributed by atoms with Gasteiger partial charge >= 0.3 is 0 Å². The van der Waals surface area contributed by atoms with Gasteiger partial charge in [-0.15, -0.1) is 0 Å². The minimum absolute atomic E-state index is 0.792. The van der Waals surface area contributed by atoms with Crippen molar-refractivity contribution >= 4 is 83.2 Å². The zero-order valence-electron chi connectivity index (χ0n) is 23.2. The van der Waals surface area contributed by atoms with Crippen LogP contribution in [0, 0.1) is 0 Å². The summed E-state index contributed by atoms with van der Waals surface area (Å²) >= 11 is 0. The van der Waals surface area contributed by atoms with Gasteiger partial charge in [-0.2, -0.15) is 0 Å². The van der Waals surface area contributed by atoms with Gasteiger partial charge in [0.1, 0.15) is 5.82 Å². The zero-order chi connectivity index (χ0) is 27.7. The second-order valence-corrected chi connectivity index (χ2v) is 10.7. The lowest BCUT2D eigenvalue weighted by Gasteiger charge is -2.09. The topological polar surface area (TPSA) is 21.7 Å². The Kier molecular flexibility index (Phi) is 5.17. The van der Waals surface area contributed by atoms with Gasteiger partial charge < -0.3 is 4.40 Å². The number of aliphatic imine (C=N–C) groups is 1. The molecule has 0 fully saturated rings. The number of allylic oxidation sites excluding steroid dienone is 5. The van der Waals surface area contributed by atoms with E-state index in [1.165, 1.54) is 65.2 Å². The van der Waals surface area contributed by atoms with Crippen molar-refractivity contribution in [3.8, 4) is 0 Å². The summed E-state index contributed by atoms with van der Waals surface area (Å²) in [5.41, 5.74) is 7.36. The Labute approximate surface area is 238 Å². The highest BCUT2D eigenvalue weighted by atomic mass is 15.1. The Morgan fingerprint density at radius 2 is 1.44 bits per heavy atom. The first-order valence-electron chi connectivity index (χ1n) is 14.2. The van der Waals surface area contributed by atoms with Crippen LogP contribution in [0.2, 0.25) is 0 Å². The number of fused-ring (bicyclic) bond motifs is 11. The molecule has 0 amide bonds. The minimum Gasteiger partial charge on any atom is -0.308 e. The van der Waals surface area contributed by atoms with Crippen LogP contribution in [0.5, 0.6) is 0 Å². The highest BCUT2D eigenvalue weighted by Crippen LogP contribution is 2.43. The predicted molar refractivity (Wildman–Crippen MR) is 179 cm³/mol. The van der Waals surface area contributed by atoms with Crippen LogP contribution in [0.4, 0.5) is 0 Å². The maximum absolute atomic E-state index is 4.53. The van der Waals surface area contributed by atoms with Crippen LogP contribution in [0.25, 0.3) is 76.5 Å². The highest BCUT2D eigenvalue weighted by Gasteiger charge is 2.20. The molecule has 0 unspecified atom stereocenters. The molecule has 0 aliphatic carbocycles. The van der Waals surface area contributed by atoms with Crippen molar-refractivity contribution in [3.63, 3.8) is 0 Å². The fraction of sp³-hybridized carbons (Fsp3) is 0.0789. The molecule has 0 radical (unpaired) electrons. The summed E-state index contributed by atoms with van der Waals surface area (Å²) in [6, 6.07) is 33.4. The van der Waals surface area contributed by atoms with Gasteiger partial charge in [0.05, 0.1) is 27.6 Å². The lowest BCUT2D eigenvalue weighted by atomic mass is 10.0. The average Bonchev–Trinajstić information content (AvgIpc) is 3.65. The fourth-order valence-electron chi connectivity index (χ4n) is 6.89. The van der Waals surface area contributed by atoms with Gasteiger partial charge in [0, 0.05) is 32.3 Å². The molecule has 3 nitrogen and oxygen atoms in total. The lowest BCUT2D eigenvalue weighted by Crippen LogP contribution is -1.95. The second kappa shape index (κ2) is 8.94. The van der Waals surface area contributed by atoms with Crippen LogP contribution in [-0.2, 0) is 0 Å². The third-order valence-corrected chi connectivity index (χ3v) is 8.66.